The second-order valence-electron chi connectivity index (χ2n) is 6.54. The summed E-state index contributed by atoms with van der Waals surface area (Å²) in [6.07, 6.45) is 2.39. The first-order valence-electron chi connectivity index (χ1n) is 8.16. The van der Waals surface area contributed by atoms with Crippen LogP contribution in [-0.4, -0.2) is 0 Å². The Hall–Kier alpha value is -2.34. The van der Waals surface area contributed by atoms with E-state index in [1.165, 1.54) is 24.0 Å². The molecule has 4 bridgehead atoms. The molecule has 0 saturated carbocycles. The Morgan fingerprint density at radius 3 is 1.91 bits per heavy atom. The lowest BCUT2D eigenvalue weighted by atomic mass is 9.87. The Morgan fingerprint density at radius 2 is 1.23 bits per heavy atom. The smallest absolute Gasteiger partial charge is 0.0136 e. The van der Waals surface area contributed by atoms with E-state index in [0.29, 0.717) is 11.8 Å². The van der Waals surface area contributed by atoms with Crippen LogP contribution in [0.3, 0.4) is 0 Å². The van der Waals surface area contributed by atoms with E-state index >= 15 is 0 Å². The topological polar surface area (TPSA) is 0 Å². The van der Waals surface area contributed by atoms with Gasteiger partial charge in [0.1, 0.15) is 0 Å². The molecule has 0 aliphatic heterocycles. The van der Waals surface area contributed by atoms with Gasteiger partial charge in [-0.25, -0.2) is 0 Å². The monoisotopic (exact) mass is 282 g/mol. The normalized spacial score (nSPS) is 21.3. The summed E-state index contributed by atoms with van der Waals surface area (Å²) in [7, 11) is 0. The van der Waals surface area contributed by atoms with Gasteiger partial charge in [-0.2, -0.15) is 0 Å². The first-order chi connectivity index (χ1) is 10.9. The fourth-order valence-electron chi connectivity index (χ4n) is 4.46. The molecule has 2 aliphatic carbocycles. The maximum absolute atomic E-state index is 2.39. The van der Waals surface area contributed by atoms with Crippen LogP contribution >= 0.6 is 0 Å². The van der Waals surface area contributed by atoms with E-state index in [0.717, 1.165) is 0 Å². The van der Waals surface area contributed by atoms with Crippen LogP contribution in [0.2, 0.25) is 0 Å². The average Bonchev–Trinajstić information content (AvgIpc) is 2.98. The third-order valence-corrected chi connectivity index (χ3v) is 5.45. The maximum Gasteiger partial charge on any atom is 0.0136 e. The number of benzene rings is 3. The Balaban J connectivity index is 1.63. The third kappa shape index (κ3) is 1.64. The fraction of sp³-hybridized carbons (Fsp3) is 0.182. The minimum atomic E-state index is 0.562. The summed E-state index contributed by atoms with van der Waals surface area (Å²) >= 11 is 0. The standard InChI is InChI=1S/C22H18/c1-3-7-15(8-4-1)19-14-21-17-11-12-18(19)22(21)20(13-17)16-9-5-2-6-10-16/h1-12,19-20H,13-14H2. The van der Waals surface area contributed by atoms with Crippen molar-refractivity contribution in [3.05, 3.63) is 106 Å². The number of hydrogen-bond acceptors (Lipinski definition) is 0. The molecule has 0 radical (unpaired) electrons. The summed E-state index contributed by atoms with van der Waals surface area (Å²) in [4.78, 5) is 0. The zero-order valence-corrected chi connectivity index (χ0v) is 12.5. The van der Waals surface area contributed by atoms with Crippen molar-refractivity contribution in [1.29, 1.82) is 0 Å². The molecule has 0 spiro atoms. The van der Waals surface area contributed by atoms with Crippen LogP contribution in [0.1, 0.15) is 45.2 Å². The van der Waals surface area contributed by atoms with Gasteiger partial charge in [-0.15, -0.1) is 0 Å². The highest BCUT2D eigenvalue weighted by Gasteiger charge is 2.38. The van der Waals surface area contributed by atoms with Crippen molar-refractivity contribution in [1.82, 2.24) is 0 Å². The molecular formula is C22H18. The zero-order chi connectivity index (χ0) is 14.5. The van der Waals surface area contributed by atoms with Crippen LogP contribution in [0, 0.1) is 0 Å². The van der Waals surface area contributed by atoms with Gasteiger partial charge in [-0.1, -0.05) is 72.8 Å². The van der Waals surface area contributed by atoms with E-state index in [2.05, 4.69) is 72.8 Å². The maximum atomic E-state index is 2.39. The van der Waals surface area contributed by atoms with Gasteiger partial charge in [0.25, 0.3) is 0 Å². The average molecular weight is 282 g/mol. The van der Waals surface area contributed by atoms with Crippen molar-refractivity contribution in [3.63, 3.8) is 0 Å². The highest BCUT2D eigenvalue weighted by Crippen LogP contribution is 2.51. The van der Waals surface area contributed by atoms with Crippen LogP contribution in [0.4, 0.5) is 0 Å². The molecule has 106 valence electrons. The lowest BCUT2D eigenvalue weighted by Crippen LogP contribution is -2.03. The molecule has 0 heterocycles. The van der Waals surface area contributed by atoms with E-state index < -0.39 is 0 Å². The molecule has 0 amide bonds. The molecule has 2 aliphatic rings. The Morgan fingerprint density at radius 1 is 0.591 bits per heavy atom. The van der Waals surface area contributed by atoms with Crippen LogP contribution in [0.5, 0.6) is 0 Å². The van der Waals surface area contributed by atoms with Crippen LogP contribution in [-0.2, 0) is 12.8 Å². The van der Waals surface area contributed by atoms with Crippen molar-refractivity contribution in [3.8, 4) is 0 Å². The summed E-state index contributed by atoms with van der Waals surface area (Å²) in [5.41, 5.74) is 9.35. The van der Waals surface area contributed by atoms with Crippen molar-refractivity contribution in [2.24, 2.45) is 0 Å². The van der Waals surface area contributed by atoms with E-state index in [4.69, 9.17) is 0 Å². The molecule has 0 saturated heterocycles. The minimum absolute atomic E-state index is 0.562. The third-order valence-electron chi connectivity index (χ3n) is 5.45. The molecule has 0 fully saturated rings. The van der Waals surface area contributed by atoms with E-state index in [9.17, 15) is 0 Å². The molecule has 0 heteroatoms. The van der Waals surface area contributed by atoms with Crippen LogP contribution < -0.4 is 0 Å². The summed E-state index contributed by atoms with van der Waals surface area (Å²) in [5.74, 6) is 1.14. The quantitative estimate of drug-likeness (QED) is 0.616. The first kappa shape index (κ1) is 12.2. The molecule has 22 heavy (non-hydrogen) atoms. The second-order valence-corrected chi connectivity index (χ2v) is 6.54. The molecule has 5 rings (SSSR count). The Kier molecular flexibility index (Phi) is 2.54. The molecule has 2 unspecified atom stereocenters. The van der Waals surface area contributed by atoms with Crippen LogP contribution in [0.15, 0.2) is 72.8 Å². The number of rotatable bonds is 2. The summed E-state index contributed by atoms with van der Waals surface area (Å²) < 4.78 is 0. The van der Waals surface area contributed by atoms with Crippen molar-refractivity contribution in [2.75, 3.05) is 0 Å². The molecule has 3 aromatic rings. The summed E-state index contributed by atoms with van der Waals surface area (Å²) in [6.45, 7) is 0. The van der Waals surface area contributed by atoms with Gasteiger partial charge in [0.15, 0.2) is 0 Å². The highest BCUT2D eigenvalue weighted by atomic mass is 14.4. The second kappa shape index (κ2) is 4.58. The predicted octanol–water partition coefficient (Wildman–Crippen LogP) is 5.06. The van der Waals surface area contributed by atoms with Crippen molar-refractivity contribution >= 4 is 0 Å². The fourth-order valence-corrected chi connectivity index (χ4v) is 4.46. The zero-order valence-electron chi connectivity index (χ0n) is 12.5. The highest BCUT2D eigenvalue weighted by molar-refractivity contribution is 5.61. The van der Waals surface area contributed by atoms with Gasteiger partial charge >= 0.3 is 0 Å². The molecule has 0 aromatic heterocycles. The molecule has 0 nitrogen and oxygen atoms in total. The summed E-state index contributed by atoms with van der Waals surface area (Å²) in [6, 6.07) is 26.8. The molecule has 3 aromatic carbocycles. The lowest BCUT2D eigenvalue weighted by molar-refractivity contribution is 0.806. The van der Waals surface area contributed by atoms with Gasteiger partial charge < -0.3 is 0 Å². The lowest BCUT2D eigenvalue weighted by Gasteiger charge is -2.16. The van der Waals surface area contributed by atoms with Gasteiger partial charge in [0.05, 0.1) is 0 Å². The van der Waals surface area contributed by atoms with Gasteiger partial charge in [-0.3, -0.25) is 0 Å². The van der Waals surface area contributed by atoms with E-state index in [1.807, 2.05) is 0 Å². The first-order valence-corrected chi connectivity index (χ1v) is 8.16. The minimum Gasteiger partial charge on any atom is -0.0622 e. The largest absolute Gasteiger partial charge is 0.0622 e. The van der Waals surface area contributed by atoms with E-state index in [-0.39, 0.29) is 0 Å². The Labute approximate surface area is 131 Å². The van der Waals surface area contributed by atoms with Gasteiger partial charge in [-0.05, 0) is 46.2 Å². The van der Waals surface area contributed by atoms with Crippen molar-refractivity contribution in [2.45, 2.75) is 24.7 Å². The molecule has 2 atom stereocenters. The Bertz CT molecular complexity index is 831. The molecule has 0 N–H and O–H groups in total. The SMILES string of the molecule is c1ccc(C2Cc3c4ccc2c3C(c2ccccc2)C4)cc1. The number of hydrogen-bond donors (Lipinski definition) is 0. The van der Waals surface area contributed by atoms with Crippen LogP contribution in [0.25, 0.3) is 0 Å². The van der Waals surface area contributed by atoms with Gasteiger partial charge in [0, 0.05) is 11.8 Å². The van der Waals surface area contributed by atoms with Crippen molar-refractivity contribution < 1.29 is 0 Å². The molecular weight excluding hydrogens is 264 g/mol. The predicted molar refractivity (Wildman–Crippen MR) is 90.4 cm³/mol. The van der Waals surface area contributed by atoms with Gasteiger partial charge in [0.2, 0.25) is 0 Å². The summed E-state index contributed by atoms with van der Waals surface area (Å²) in [5, 5.41) is 0. The van der Waals surface area contributed by atoms with E-state index in [1.54, 1.807) is 22.3 Å².